The van der Waals surface area contributed by atoms with E-state index in [1.54, 1.807) is 109 Å². The zero-order chi connectivity index (χ0) is 70.1. The summed E-state index contributed by atoms with van der Waals surface area (Å²) in [5, 5.41) is 47.6. The maximum absolute atomic E-state index is 12.2. The molecule has 35 heteroatoms. The van der Waals surface area contributed by atoms with Crippen molar-refractivity contribution >= 4 is 118 Å². The number of sulfone groups is 1. The average Bonchev–Trinajstić information content (AvgIpc) is 1.59. The van der Waals surface area contributed by atoms with E-state index in [0.717, 1.165) is 61.4 Å². The summed E-state index contributed by atoms with van der Waals surface area (Å²) in [5.74, 6) is 0. The molecule has 0 bridgehead atoms. The van der Waals surface area contributed by atoms with Crippen molar-refractivity contribution in [2.45, 2.75) is 124 Å². The van der Waals surface area contributed by atoms with E-state index in [2.05, 4.69) is 39.8 Å². The number of hydrogen-bond acceptors (Lipinski definition) is 23. The minimum absolute atomic E-state index is 0. The van der Waals surface area contributed by atoms with Gasteiger partial charge < -0.3 is 43.0 Å². The van der Waals surface area contributed by atoms with E-state index < -0.39 is 49.0 Å². The van der Waals surface area contributed by atoms with Crippen molar-refractivity contribution in [3.63, 3.8) is 0 Å². The fourth-order valence-electron chi connectivity index (χ4n) is 8.75. The molecule has 0 saturated carbocycles. The van der Waals surface area contributed by atoms with Crippen LogP contribution in [0.25, 0.3) is 4.85 Å². The van der Waals surface area contributed by atoms with Gasteiger partial charge in [0.15, 0.2) is 0 Å². The molecular formula is C60H87ClK2N6O17S9. The molecule has 4 fully saturated rings. The predicted octanol–water partition coefficient (Wildman–Crippen LogP) is 1.60. The standard InChI is InChI=1S/C11H15NO3S.C11H11NO2S2.C11H7NS2.C6H5ClO2S.2C6H13NO3S.C5H11NO.C2H6.CH2O3.CH4S.2K.H/c13-9-10-5-4-8-12(10)16(14,15)11-6-2-1-3-7-11;12-8-9-6-7-11(15-9)16(13,14)10-4-2-1-3-5-10;1-12-10-7-8-11(14-10)13-9-5-3-2-4-6-9;7-10(8,9)6-4-2-1-3-5-6;2*1-11(9,10)7-4-2-3-6(7)5-8;7-4-5-2-1-3-6-5;1-2;2-1-4-3;1-2;;;/h1-3,6-7,10,13H,4-5,8-9H2;1-7H,8,12H2;2-8H;1-5H;2*6,8H,2-5H2,1H3;5-7H,1-4H2;1-2H3;1,3H;2H,1H3;;;/q;;;;;;;;;;2*+1;-1/p-1/t10-;;;;2*6-;5-;;;;;;/m0...000....../s1. The van der Waals surface area contributed by atoms with Crippen molar-refractivity contribution < 1.29 is 182 Å². The summed E-state index contributed by atoms with van der Waals surface area (Å²) in [4.78, 5) is 17.5. The van der Waals surface area contributed by atoms with Gasteiger partial charge in [0.1, 0.15) is 4.21 Å². The molecule has 0 aliphatic carbocycles. The molecule has 10 rings (SSSR count). The van der Waals surface area contributed by atoms with Gasteiger partial charge in [-0.2, -0.15) is 25.5 Å². The molecular weight excluding hydrogens is 1480 g/mol. The van der Waals surface area contributed by atoms with E-state index in [9.17, 15) is 42.1 Å². The first-order valence-electron chi connectivity index (χ1n) is 28.9. The molecule has 522 valence electrons. The van der Waals surface area contributed by atoms with Crippen LogP contribution in [0.2, 0.25) is 0 Å². The third-order valence-corrected chi connectivity index (χ3v) is 24.5. The van der Waals surface area contributed by atoms with Crippen molar-refractivity contribution in [3.05, 3.63) is 162 Å². The number of hydrogen-bond donors (Lipinski definition) is 7. The van der Waals surface area contributed by atoms with Gasteiger partial charge in [0, 0.05) is 70.8 Å². The Balaban J connectivity index is -0.00000104. The Kier molecular flexibility index (Phi) is 53.3. The van der Waals surface area contributed by atoms with Crippen LogP contribution in [0.3, 0.4) is 0 Å². The first-order chi connectivity index (χ1) is 44.2. The van der Waals surface area contributed by atoms with Crippen LogP contribution in [0, 0.1) is 6.57 Å². The number of aliphatic hydroxyl groups is 4. The SMILES string of the molecule is CC.CS.CS(=O)(=O)N1CCC[C@H]1CO.CS(=O)(=O)N1CCC[C@H]1CO.NCc1ccc(S(=O)(=O)c2ccccc2)s1.O=CO[O-].O=S(=O)(Cl)c1ccccc1.O=S(=O)(c1ccccc1)N1CCC[C@H]1CO.OC[C@@H]1CCCN1.[C-]#[N+]c1ccc(Sc2ccccc2)s1.[H-].[K+].[K+]. The molecule has 0 spiro atoms. The number of halogens is 1. The van der Waals surface area contributed by atoms with Gasteiger partial charge in [0.05, 0.1) is 64.4 Å². The third-order valence-electron chi connectivity index (χ3n) is 13.0. The van der Waals surface area contributed by atoms with E-state index in [1.165, 1.54) is 75.8 Å². The quantitative estimate of drug-likeness (QED) is 0.0146. The molecule has 4 aliphatic heterocycles. The summed E-state index contributed by atoms with van der Waals surface area (Å²) in [6.07, 6.45) is 11.3. The van der Waals surface area contributed by atoms with Gasteiger partial charge in [-0.25, -0.2) is 46.9 Å². The van der Waals surface area contributed by atoms with Crippen molar-refractivity contribution in [1.29, 1.82) is 0 Å². The van der Waals surface area contributed by atoms with Gasteiger partial charge in [-0.1, -0.05) is 98.4 Å². The second-order valence-corrected chi connectivity index (χ2v) is 33.5. The van der Waals surface area contributed by atoms with Gasteiger partial charge in [-0.15, -0.1) is 22.7 Å². The molecule has 0 amide bonds. The van der Waals surface area contributed by atoms with Gasteiger partial charge in [0.2, 0.25) is 44.9 Å². The predicted molar refractivity (Wildman–Crippen MR) is 371 cm³/mol. The number of nitrogens with two attached hydrogens (primary N) is 1. The Bertz CT molecular complexity index is 3580. The fraction of sp³-hybridized carbons (Fsp3) is 0.433. The van der Waals surface area contributed by atoms with Crippen LogP contribution in [-0.2, 0) is 65.2 Å². The molecule has 2 aromatic heterocycles. The minimum Gasteiger partial charge on any atom is -1.00 e. The molecule has 4 atom stereocenters. The average molecular weight is 1570 g/mol. The molecule has 0 radical (unpaired) electrons. The maximum atomic E-state index is 12.2. The number of carbonyl (C=O) groups excluding carboxylic acids is 1. The van der Waals surface area contributed by atoms with Crippen LogP contribution in [-0.4, -0.2) is 177 Å². The van der Waals surface area contributed by atoms with Crippen LogP contribution in [0.1, 0.15) is 71.5 Å². The second kappa shape index (κ2) is 52.8. The van der Waals surface area contributed by atoms with Crippen molar-refractivity contribution in [2.24, 2.45) is 5.73 Å². The summed E-state index contributed by atoms with van der Waals surface area (Å²) in [6, 6.07) is 41.8. The number of rotatable bonds is 15. The van der Waals surface area contributed by atoms with Crippen LogP contribution in [0.5, 0.6) is 0 Å². The number of nitrogens with one attached hydrogen (secondary N) is 1. The van der Waals surface area contributed by atoms with Gasteiger partial charge in [-0.3, -0.25) is 4.79 Å². The van der Waals surface area contributed by atoms with Gasteiger partial charge in [0.25, 0.3) is 15.5 Å². The smallest absolute Gasteiger partial charge is 1.00 e. The topological polar surface area (TPSA) is 353 Å². The molecule has 4 saturated heterocycles. The normalized spacial score (nSPS) is 17.4. The van der Waals surface area contributed by atoms with Crippen LogP contribution < -0.4 is 119 Å². The van der Waals surface area contributed by atoms with Crippen molar-refractivity contribution in [2.75, 3.05) is 71.4 Å². The number of thiol groups is 1. The van der Waals surface area contributed by atoms with Gasteiger partial charge >= 0.3 is 103 Å². The molecule has 0 unspecified atom stereocenters. The molecule has 6 aromatic rings. The van der Waals surface area contributed by atoms with Crippen LogP contribution in [0.15, 0.2) is 174 Å². The molecule has 4 aliphatic rings. The van der Waals surface area contributed by atoms with E-state index in [1.807, 2.05) is 44.2 Å². The minimum atomic E-state index is -3.53. The van der Waals surface area contributed by atoms with Crippen LogP contribution >= 0.6 is 57.7 Å². The van der Waals surface area contributed by atoms with E-state index >= 15 is 0 Å². The maximum Gasteiger partial charge on any atom is 1.00 e. The zero-order valence-corrected chi connectivity index (χ0v) is 68.7. The third kappa shape index (κ3) is 36.5. The summed E-state index contributed by atoms with van der Waals surface area (Å²) in [6.45, 7) is 13.8. The van der Waals surface area contributed by atoms with E-state index in [-0.39, 0.29) is 154 Å². The Hall–Kier alpha value is -1.15. The summed E-state index contributed by atoms with van der Waals surface area (Å²) in [5.41, 5.74) is 5.46. The molecule has 23 nitrogen and oxygen atoms in total. The van der Waals surface area contributed by atoms with E-state index in [0.29, 0.717) is 52.8 Å². The zero-order valence-electron chi connectivity index (χ0n) is 55.3. The number of thiophene rings is 2. The Morgan fingerprint density at radius 2 is 1.04 bits per heavy atom. The molecule has 95 heavy (non-hydrogen) atoms. The number of benzene rings is 4. The first-order valence-corrected chi connectivity index (χ1v) is 41.2. The number of sulfonamides is 3. The second-order valence-electron chi connectivity index (χ2n) is 19.4. The Morgan fingerprint density at radius 3 is 1.36 bits per heavy atom. The molecule has 4 aromatic carbocycles. The Labute approximate surface area is 671 Å². The van der Waals surface area contributed by atoms with Crippen LogP contribution in [0.4, 0.5) is 5.00 Å². The number of carbonyl (C=O) groups is 1. The van der Waals surface area contributed by atoms with Crippen molar-refractivity contribution in [3.8, 4) is 0 Å². The van der Waals surface area contributed by atoms with E-state index in [4.69, 9.17) is 53.5 Å². The number of aliphatic hydroxyl groups excluding tert-OH is 4. The van der Waals surface area contributed by atoms with Gasteiger partial charge in [-0.05, 0) is 137 Å². The Morgan fingerprint density at radius 1 is 0.632 bits per heavy atom. The summed E-state index contributed by atoms with van der Waals surface area (Å²) < 4.78 is 120. The number of nitrogens with zero attached hydrogens (tertiary/aromatic N) is 4. The molecule has 6 heterocycles. The monoisotopic (exact) mass is 1560 g/mol. The van der Waals surface area contributed by atoms with Crippen molar-refractivity contribution in [1.82, 2.24) is 18.2 Å². The summed E-state index contributed by atoms with van der Waals surface area (Å²) >= 11 is 7.98. The fourth-order valence-corrected chi connectivity index (χ4v) is 18.1. The summed E-state index contributed by atoms with van der Waals surface area (Å²) in [7, 11) is -11.5. The largest absolute Gasteiger partial charge is 1.00 e. The molecule has 7 N–H and O–H groups in total. The first kappa shape index (κ1) is 95.9.